The Bertz CT molecular complexity index is 665. The molecule has 2 rings (SSSR count). The summed E-state index contributed by atoms with van der Waals surface area (Å²) in [5.41, 5.74) is 0.224. The minimum absolute atomic E-state index is 0.0462. The van der Waals surface area contributed by atoms with Crippen LogP contribution in [-0.4, -0.2) is 55.4 Å². The molecule has 1 aromatic heterocycles. The van der Waals surface area contributed by atoms with Crippen molar-refractivity contribution < 1.29 is 17.9 Å². The maximum atomic E-state index is 12.0. The molecular weight excluding hydrogens is 318 g/mol. The van der Waals surface area contributed by atoms with Gasteiger partial charge in [-0.1, -0.05) is 0 Å². The van der Waals surface area contributed by atoms with Crippen LogP contribution < -0.4 is 5.32 Å². The van der Waals surface area contributed by atoms with Crippen molar-refractivity contribution in [2.75, 3.05) is 24.7 Å². The second-order valence-corrected chi connectivity index (χ2v) is 8.68. The van der Waals surface area contributed by atoms with Crippen molar-refractivity contribution in [1.82, 2.24) is 9.88 Å². The molecule has 23 heavy (non-hydrogen) atoms. The molecule has 1 aliphatic heterocycles. The van der Waals surface area contributed by atoms with E-state index in [1.165, 1.54) is 12.3 Å². The number of nitrogens with zero attached hydrogens (tertiary/aromatic N) is 2. The molecule has 0 aromatic carbocycles. The minimum Gasteiger partial charge on any atom is -0.444 e. The fourth-order valence-corrected chi connectivity index (χ4v) is 2.85. The lowest BCUT2D eigenvalue weighted by atomic mass is 10.2. The average Bonchev–Trinajstić information content (AvgIpc) is 2.85. The van der Waals surface area contributed by atoms with E-state index >= 15 is 0 Å². The average molecular weight is 341 g/mol. The van der Waals surface area contributed by atoms with E-state index in [0.717, 1.165) is 18.4 Å². The molecule has 8 heteroatoms. The van der Waals surface area contributed by atoms with Crippen molar-refractivity contribution in [1.29, 1.82) is 0 Å². The van der Waals surface area contributed by atoms with Gasteiger partial charge in [-0.05, 0) is 39.3 Å². The van der Waals surface area contributed by atoms with E-state index in [9.17, 15) is 13.2 Å². The first-order valence-electron chi connectivity index (χ1n) is 7.45. The van der Waals surface area contributed by atoms with E-state index in [2.05, 4.69) is 10.3 Å². The maximum Gasteiger partial charge on any atom is 0.410 e. The largest absolute Gasteiger partial charge is 0.444 e. The zero-order chi connectivity index (χ0) is 17.3. The highest BCUT2D eigenvalue weighted by molar-refractivity contribution is 7.90. The van der Waals surface area contributed by atoms with Gasteiger partial charge >= 0.3 is 6.09 Å². The van der Waals surface area contributed by atoms with E-state index in [4.69, 9.17) is 4.74 Å². The number of carbonyl (C=O) groups is 1. The lowest BCUT2D eigenvalue weighted by molar-refractivity contribution is 0.0293. The monoisotopic (exact) mass is 341 g/mol. The molecule has 1 N–H and O–H groups in total. The highest BCUT2D eigenvalue weighted by atomic mass is 32.2. The van der Waals surface area contributed by atoms with E-state index in [0.29, 0.717) is 13.1 Å². The van der Waals surface area contributed by atoms with Gasteiger partial charge in [0.05, 0.1) is 11.9 Å². The third kappa shape index (κ3) is 5.09. The summed E-state index contributed by atoms with van der Waals surface area (Å²) in [6, 6.07) is 3.24. The van der Waals surface area contributed by atoms with Crippen LogP contribution >= 0.6 is 0 Å². The first-order chi connectivity index (χ1) is 10.5. The van der Waals surface area contributed by atoms with Crippen molar-refractivity contribution in [3.63, 3.8) is 0 Å². The van der Waals surface area contributed by atoms with Crippen LogP contribution in [0.2, 0.25) is 0 Å². The summed E-state index contributed by atoms with van der Waals surface area (Å²) >= 11 is 0. The Morgan fingerprint density at radius 2 is 2.09 bits per heavy atom. The van der Waals surface area contributed by atoms with Crippen LogP contribution in [0.1, 0.15) is 27.2 Å². The predicted octanol–water partition coefficient (Wildman–Crippen LogP) is 1.91. The molecule has 2 heterocycles. The lowest BCUT2D eigenvalue weighted by Crippen LogP contribution is -2.36. The number of likely N-dealkylation sites (tertiary alicyclic amines) is 1. The molecule has 0 radical (unpaired) electrons. The first-order valence-corrected chi connectivity index (χ1v) is 9.34. The third-order valence-corrected chi connectivity index (χ3v) is 4.33. The minimum atomic E-state index is -3.29. The number of pyridine rings is 1. The van der Waals surface area contributed by atoms with Crippen LogP contribution in [0, 0.1) is 0 Å². The Morgan fingerprint density at radius 1 is 1.39 bits per heavy atom. The maximum absolute atomic E-state index is 12.0. The number of carbonyl (C=O) groups excluding carboxylic acids is 1. The Balaban J connectivity index is 1.92. The molecule has 1 unspecified atom stereocenters. The van der Waals surface area contributed by atoms with Gasteiger partial charge < -0.3 is 15.0 Å². The van der Waals surface area contributed by atoms with Crippen molar-refractivity contribution in [3.05, 3.63) is 18.3 Å². The van der Waals surface area contributed by atoms with E-state index in [1.54, 1.807) is 11.0 Å². The zero-order valence-electron chi connectivity index (χ0n) is 13.9. The summed E-state index contributed by atoms with van der Waals surface area (Å²) in [6.45, 7) is 6.69. The quantitative estimate of drug-likeness (QED) is 0.903. The van der Waals surface area contributed by atoms with E-state index in [1.807, 2.05) is 20.8 Å². The molecule has 1 aliphatic rings. The smallest absolute Gasteiger partial charge is 0.410 e. The number of rotatable bonds is 3. The number of hydrogen-bond donors (Lipinski definition) is 1. The van der Waals surface area contributed by atoms with Crippen LogP contribution in [-0.2, 0) is 14.6 Å². The van der Waals surface area contributed by atoms with Crippen molar-refractivity contribution in [2.45, 2.75) is 43.9 Å². The van der Waals surface area contributed by atoms with Crippen LogP contribution in [0.4, 0.5) is 10.5 Å². The van der Waals surface area contributed by atoms with Crippen LogP contribution in [0.25, 0.3) is 0 Å². The standard InChI is InChI=1S/C15H23N3O4S/c1-15(2,3)22-14(19)18-8-7-12(10-18)17-11-5-6-13(16-9-11)23(4,20)21/h5-6,9,12,17H,7-8,10H2,1-4H3. The van der Waals surface area contributed by atoms with Crippen LogP contribution in [0.3, 0.4) is 0 Å². The van der Waals surface area contributed by atoms with Crippen molar-refractivity contribution in [3.8, 4) is 0 Å². The second kappa shape index (κ2) is 6.35. The highest BCUT2D eigenvalue weighted by Gasteiger charge is 2.29. The topological polar surface area (TPSA) is 88.6 Å². The Hall–Kier alpha value is -1.83. The van der Waals surface area contributed by atoms with Gasteiger partial charge in [-0.3, -0.25) is 0 Å². The summed E-state index contributed by atoms with van der Waals surface area (Å²) in [5, 5.41) is 3.31. The Labute approximate surface area is 137 Å². The lowest BCUT2D eigenvalue weighted by Gasteiger charge is -2.24. The molecule has 0 spiro atoms. The van der Waals surface area contributed by atoms with Gasteiger partial charge in [0.1, 0.15) is 5.60 Å². The molecular formula is C15H23N3O4S. The van der Waals surface area contributed by atoms with E-state index in [-0.39, 0.29) is 17.2 Å². The number of amides is 1. The molecule has 128 valence electrons. The predicted molar refractivity (Wildman–Crippen MR) is 87.2 cm³/mol. The molecule has 1 atom stereocenters. The Kier molecular flexibility index (Phi) is 4.84. The zero-order valence-corrected chi connectivity index (χ0v) is 14.7. The fourth-order valence-electron chi connectivity index (χ4n) is 2.29. The molecule has 1 aromatic rings. The number of sulfone groups is 1. The first kappa shape index (κ1) is 17.5. The molecule has 0 bridgehead atoms. The second-order valence-electron chi connectivity index (χ2n) is 6.71. The molecule has 1 amide bonds. The van der Waals surface area contributed by atoms with Crippen molar-refractivity contribution in [2.24, 2.45) is 0 Å². The normalized spacial score (nSPS) is 18.8. The molecule has 0 saturated carbocycles. The summed E-state index contributed by atoms with van der Waals surface area (Å²) in [4.78, 5) is 17.6. The van der Waals surface area contributed by atoms with Gasteiger partial charge in [-0.15, -0.1) is 0 Å². The summed E-state index contributed by atoms with van der Waals surface area (Å²) in [6.07, 6.45) is 3.10. The number of aromatic nitrogens is 1. The van der Waals surface area contributed by atoms with Gasteiger partial charge in [0.25, 0.3) is 0 Å². The fraction of sp³-hybridized carbons (Fsp3) is 0.600. The number of nitrogens with one attached hydrogen (secondary N) is 1. The number of hydrogen-bond acceptors (Lipinski definition) is 6. The van der Waals surface area contributed by atoms with Gasteiger partial charge in [0, 0.05) is 25.4 Å². The molecule has 0 aliphatic carbocycles. The third-order valence-electron chi connectivity index (χ3n) is 3.33. The van der Waals surface area contributed by atoms with Gasteiger partial charge in [-0.2, -0.15) is 0 Å². The van der Waals surface area contributed by atoms with Crippen LogP contribution in [0.15, 0.2) is 23.4 Å². The van der Waals surface area contributed by atoms with Gasteiger partial charge in [0.15, 0.2) is 14.9 Å². The molecule has 1 saturated heterocycles. The van der Waals surface area contributed by atoms with Gasteiger partial charge in [0.2, 0.25) is 0 Å². The van der Waals surface area contributed by atoms with Crippen molar-refractivity contribution >= 4 is 21.6 Å². The highest BCUT2D eigenvalue weighted by Crippen LogP contribution is 2.19. The molecule has 1 fully saturated rings. The van der Waals surface area contributed by atoms with Crippen LogP contribution in [0.5, 0.6) is 0 Å². The number of ether oxygens (including phenoxy) is 1. The Morgan fingerprint density at radius 3 is 2.61 bits per heavy atom. The summed E-state index contributed by atoms with van der Waals surface area (Å²) in [7, 11) is -3.29. The SMILES string of the molecule is CC(C)(C)OC(=O)N1CCC(Nc2ccc(S(C)(=O)=O)nc2)C1. The van der Waals surface area contributed by atoms with E-state index < -0.39 is 15.4 Å². The number of anilines is 1. The van der Waals surface area contributed by atoms with Gasteiger partial charge in [-0.25, -0.2) is 18.2 Å². The summed E-state index contributed by atoms with van der Waals surface area (Å²) < 4.78 is 28.1. The molecule has 7 nitrogen and oxygen atoms in total. The summed E-state index contributed by atoms with van der Waals surface area (Å²) in [5.74, 6) is 0.